The normalized spacial score (nSPS) is 11.4. The maximum absolute atomic E-state index is 12.0. The van der Waals surface area contributed by atoms with Gasteiger partial charge in [0, 0.05) is 24.8 Å². The van der Waals surface area contributed by atoms with Crippen molar-refractivity contribution in [3.05, 3.63) is 46.9 Å². The number of carbonyl (C=O) groups is 1. The van der Waals surface area contributed by atoms with E-state index in [9.17, 15) is 13.2 Å². The van der Waals surface area contributed by atoms with Gasteiger partial charge in [0.15, 0.2) is 5.03 Å². The average molecular weight is 357 g/mol. The van der Waals surface area contributed by atoms with Gasteiger partial charge in [-0.15, -0.1) is 0 Å². The third kappa shape index (κ3) is 4.78. The van der Waals surface area contributed by atoms with E-state index in [1.54, 1.807) is 42.8 Å². The van der Waals surface area contributed by atoms with Crippen molar-refractivity contribution < 1.29 is 13.2 Å². The molecule has 0 aliphatic rings. The van der Waals surface area contributed by atoms with Crippen molar-refractivity contribution in [2.24, 2.45) is 7.05 Å². The SMILES string of the molecule is Cc1nc(S(=O)(=O)NCC(=O)NCc2ccc(Cl)cc2)cn1C. The highest BCUT2D eigenvalue weighted by Gasteiger charge is 2.19. The van der Waals surface area contributed by atoms with E-state index in [4.69, 9.17) is 11.6 Å². The minimum atomic E-state index is -3.81. The van der Waals surface area contributed by atoms with Crippen molar-refractivity contribution in [2.45, 2.75) is 18.5 Å². The number of hydrogen-bond donors (Lipinski definition) is 2. The first-order chi connectivity index (χ1) is 10.8. The molecule has 1 aromatic carbocycles. The molecule has 0 saturated heterocycles. The van der Waals surface area contributed by atoms with Crippen LogP contribution in [0.3, 0.4) is 0 Å². The van der Waals surface area contributed by atoms with E-state index < -0.39 is 15.9 Å². The Morgan fingerprint density at radius 2 is 1.96 bits per heavy atom. The third-order valence-electron chi connectivity index (χ3n) is 3.19. The van der Waals surface area contributed by atoms with Crippen molar-refractivity contribution in [3.63, 3.8) is 0 Å². The lowest BCUT2D eigenvalue weighted by molar-refractivity contribution is -0.120. The number of sulfonamides is 1. The van der Waals surface area contributed by atoms with Crippen molar-refractivity contribution in [1.82, 2.24) is 19.6 Å². The molecule has 1 amide bonds. The fraction of sp³-hybridized carbons (Fsp3) is 0.286. The summed E-state index contributed by atoms with van der Waals surface area (Å²) in [7, 11) is -2.11. The Labute approximate surface area is 139 Å². The summed E-state index contributed by atoms with van der Waals surface area (Å²) in [5, 5.41) is 3.13. The van der Waals surface area contributed by atoms with Crippen LogP contribution in [0.4, 0.5) is 0 Å². The molecule has 1 heterocycles. The highest BCUT2D eigenvalue weighted by molar-refractivity contribution is 7.89. The zero-order valence-corrected chi connectivity index (χ0v) is 14.3. The zero-order valence-electron chi connectivity index (χ0n) is 12.7. The highest BCUT2D eigenvalue weighted by Crippen LogP contribution is 2.09. The Morgan fingerprint density at radius 3 is 2.52 bits per heavy atom. The number of aryl methyl sites for hydroxylation is 2. The lowest BCUT2D eigenvalue weighted by Gasteiger charge is -2.06. The molecule has 0 unspecified atom stereocenters. The number of amides is 1. The van der Waals surface area contributed by atoms with E-state index in [2.05, 4.69) is 15.0 Å². The van der Waals surface area contributed by atoms with Gasteiger partial charge in [-0.3, -0.25) is 4.79 Å². The second-order valence-electron chi connectivity index (χ2n) is 4.97. The average Bonchev–Trinajstić information content (AvgIpc) is 2.85. The number of benzene rings is 1. The van der Waals surface area contributed by atoms with Gasteiger partial charge < -0.3 is 9.88 Å². The molecule has 124 valence electrons. The summed E-state index contributed by atoms with van der Waals surface area (Å²) in [6, 6.07) is 7.00. The highest BCUT2D eigenvalue weighted by atomic mass is 35.5. The second-order valence-corrected chi connectivity index (χ2v) is 7.12. The Hall–Kier alpha value is -1.90. The number of carbonyl (C=O) groups excluding carboxylic acids is 1. The lowest BCUT2D eigenvalue weighted by atomic mass is 10.2. The number of halogens is 1. The van der Waals surface area contributed by atoms with Crippen LogP contribution in [0.1, 0.15) is 11.4 Å². The van der Waals surface area contributed by atoms with Crippen molar-refractivity contribution >= 4 is 27.5 Å². The topological polar surface area (TPSA) is 93.1 Å². The fourth-order valence-electron chi connectivity index (χ4n) is 1.76. The van der Waals surface area contributed by atoms with E-state index in [1.165, 1.54) is 6.20 Å². The first-order valence-corrected chi connectivity index (χ1v) is 8.65. The number of rotatable bonds is 6. The molecule has 7 nitrogen and oxygen atoms in total. The summed E-state index contributed by atoms with van der Waals surface area (Å²) in [6.45, 7) is 1.63. The van der Waals surface area contributed by atoms with Crippen molar-refractivity contribution in [2.75, 3.05) is 6.54 Å². The Morgan fingerprint density at radius 1 is 1.30 bits per heavy atom. The van der Waals surface area contributed by atoms with Crippen LogP contribution < -0.4 is 10.0 Å². The van der Waals surface area contributed by atoms with Crippen molar-refractivity contribution in [1.29, 1.82) is 0 Å². The van der Waals surface area contributed by atoms with Crippen LogP contribution in [0.2, 0.25) is 5.02 Å². The number of nitrogens with zero attached hydrogens (tertiary/aromatic N) is 2. The minimum Gasteiger partial charge on any atom is -0.351 e. The molecule has 0 spiro atoms. The van der Waals surface area contributed by atoms with Crippen LogP contribution in [0.5, 0.6) is 0 Å². The minimum absolute atomic E-state index is 0.108. The van der Waals surface area contributed by atoms with Crippen LogP contribution in [-0.4, -0.2) is 30.4 Å². The van der Waals surface area contributed by atoms with Crippen LogP contribution in [-0.2, 0) is 28.4 Å². The van der Waals surface area contributed by atoms with Crippen LogP contribution in [0.15, 0.2) is 35.5 Å². The molecule has 9 heteroatoms. The summed E-state index contributed by atoms with van der Waals surface area (Å²) >= 11 is 5.77. The number of nitrogens with one attached hydrogen (secondary N) is 2. The predicted molar refractivity (Wildman–Crippen MR) is 86.4 cm³/mol. The molecule has 2 aromatic rings. The number of hydrogen-bond acceptors (Lipinski definition) is 4. The summed E-state index contributed by atoms with van der Waals surface area (Å²) in [6.07, 6.45) is 1.39. The van der Waals surface area contributed by atoms with E-state index in [0.29, 0.717) is 17.4 Å². The van der Waals surface area contributed by atoms with E-state index in [-0.39, 0.29) is 11.6 Å². The molecule has 0 saturated carbocycles. The molecule has 2 rings (SSSR count). The summed E-state index contributed by atoms with van der Waals surface area (Å²) in [4.78, 5) is 15.7. The standard InChI is InChI=1S/C14H17ClN4O3S/c1-10-18-14(9-19(10)2)23(21,22)17-8-13(20)16-7-11-3-5-12(15)6-4-11/h3-6,9,17H,7-8H2,1-2H3,(H,16,20). The smallest absolute Gasteiger partial charge is 0.260 e. The molecule has 0 atom stereocenters. The first kappa shape index (κ1) is 17.5. The number of imidazole rings is 1. The predicted octanol–water partition coefficient (Wildman–Crippen LogP) is 0.977. The first-order valence-electron chi connectivity index (χ1n) is 6.79. The monoisotopic (exact) mass is 356 g/mol. The quantitative estimate of drug-likeness (QED) is 0.806. The molecular weight excluding hydrogens is 340 g/mol. The molecule has 0 fully saturated rings. The second kappa shape index (κ2) is 7.12. The number of aromatic nitrogens is 2. The van der Waals surface area contributed by atoms with Crippen LogP contribution >= 0.6 is 11.6 Å². The van der Waals surface area contributed by atoms with Gasteiger partial charge in [0.2, 0.25) is 5.91 Å². The van der Waals surface area contributed by atoms with Crippen molar-refractivity contribution in [3.8, 4) is 0 Å². The summed E-state index contributed by atoms with van der Waals surface area (Å²) in [5.41, 5.74) is 0.867. The van der Waals surface area contributed by atoms with Gasteiger partial charge in [0.1, 0.15) is 5.82 Å². The van der Waals surface area contributed by atoms with Gasteiger partial charge >= 0.3 is 0 Å². The molecule has 0 bridgehead atoms. The maximum Gasteiger partial charge on any atom is 0.260 e. The molecule has 23 heavy (non-hydrogen) atoms. The van der Waals surface area contributed by atoms with E-state index >= 15 is 0 Å². The Kier molecular flexibility index (Phi) is 5.40. The summed E-state index contributed by atoms with van der Waals surface area (Å²) in [5.74, 6) is 0.133. The Bertz CT molecular complexity index is 780. The zero-order chi connectivity index (χ0) is 17.0. The lowest BCUT2D eigenvalue weighted by Crippen LogP contribution is -2.36. The molecule has 0 aliphatic heterocycles. The van der Waals surface area contributed by atoms with E-state index in [0.717, 1.165) is 5.56 Å². The largest absolute Gasteiger partial charge is 0.351 e. The van der Waals surface area contributed by atoms with Gasteiger partial charge in [-0.25, -0.2) is 18.1 Å². The summed E-state index contributed by atoms with van der Waals surface area (Å²) < 4.78 is 27.9. The maximum atomic E-state index is 12.0. The van der Waals surface area contributed by atoms with Gasteiger partial charge in [0.25, 0.3) is 10.0 Å². The van der Waals surface area contributed by atoms with E-state index in [1.807, 2.05) is 0 Å². The van der Waals surface area contributed by atoms with Gasteiger partial charge in [-0.2, -0.15) is 0 Å². The van der Waals surface area contributed by atoms with Gasteiger partial charge in [0.05, 0.1) is 6.54 Å². The fourth-order valence-corrected chi connectivity index (χ4v) is 2.90. The molecule has 0 aliphatic carbocycles. The Balaban J connectivity index is 1.87. The molecule has 1 aromatic heterocycles. The van der Waals surface area contributed by atoms with Crippen LogP contribution in [0, 0.1) is 6.92 Å². The molecule has 2 N–H and O–H groups in total. The molecular formula is C14H17ClN4O3S. The third-order valence-corrected chi connectivity index (χ3v) is 4.71. The van der Waals surface area contributed by atoms with Gasteiger partial charge in [-0.05, 0) is 24.6 Å². The van der Waals surface area contributed by atoms with Gasteiger partial charge in [-0.1, -0.05) is 23.7 Å². The van der Waals surface area contributed by atoms with Crippen LogP contribution in [0.25, 0.3) is 0 Å². The molecule has 0 radical (unpaired) electrons.